The molecule has 0 heterocycles. The lowest BCUT2D eigenvalue weighted by atomic mass is 9.94. The van der Waals surface area contributed by atoms with Crippen molar-refractivity contribution in [2.45, 2.75) is 20.0 Å². The second-order valence-electron chi connectivity index (χ2n) is 4.71. The summed E-state index contributed by atoms with van der Waals surface area (Å²) in [6.45, 7) is 1.05. The van der Waals surface area contributed by atoms with Crippen molar-refractivity contribution in [2.24, 2.45) is 5.41 Å². The van der Waals surface area contributed by atoms with E-state index in [0.717, 1.165) is 32.0 Å². The van der Waals surface area contributed by atoms with E-state index in [1.807, 2.05) is 0 Å². The van der Waals surface area contributed by atoms with Gasteiger partial charge in [0, 0.05) is 6.07 Å². The fraction of sp³-hybridized carbons (Fsp3) is 0.455. The number of hydrogen-bond acceptors (Lipinski definition) is 4. The molecule has 0 saturated heterocycles. The Morgan fingerprint density at radius 3 is 2.30 bits per heavy atom. The standard InChI is InChI=1S/C11H13BF4O4/c1-10(2,11(14,15)16)6-19-9-5-7(20-12(17)18)3-4-8(9)13/h3-5,17-18H,6H2,1-2H3. The van der Waals surface area contributed by atoms with E-state index in [4.69, 9.17) is 14.8 Å². The predicted octanol–water partition coefficient (Wildman–Crippen LogP) is 2.14. The van der Waals surface area contributed by atoms with Crippen molar-refractivity contribution < 1.29 is 37.0 Å². The second kappa shape index (κ2) is 5.88. The molecule has 0 aliphatic rings. The van der Waals surface area contributed by atoms with Gasteiger partial charge in [0.15, 0.2) is 11.6 Å². The van der Waals surface area contributed by atoms with Crippen LogP contribution in [0.2, 0.25) is 0 Å². The van der Waals surface area contributed by atoms with E-state index in [1.54, 1.807) is 0 Å². The zero-order chi connectivity index (χ0) is 15.6. The zero-order valence-corrected chi connectivity index (χ0v) is 10.7. The molecular formula is C11H13BF4O4. The molecule has 0 aliphatic carbocycles. The van der Waals surface area contributed by atoms with Gasteiger partial charge in [-0.25, -0.2) is 4.39 Å². The monoisotopic (exact) mass is 296 g/mol. The molecular weight excluding hydrogens is 283 g/mol. The SMILES string of the molecule is CC(C)(COc1cc(OB(O)O)ccc1F)C(F)(F)F. The van der Waals surface area contributed by atoms with Gasteiger partial charge in [-0.2, -0.15) is 13.2 Å². The zero-order valence-electron chi connectivity index (χ0n) is 10.7. The Balaban J connectivity index is 2.82. The second-order valence-corrected chi connectivity index (χ2v) is 4.71. The van der Waals surface area contributed by atoms with E-state index in [9.17, 15) is 17.6 Å². The summed E-state index contributed by atoms with van der Waals surface area (Å²) in [5, 5.41) is 17.2. The quantitative estimate of drug-likeness (QED) is 0.645. The largest absolute Gasteiger partial charge is 0.707 e. The Morgan fingerprint density at radius 2 is 1.80 bits per heavy atom. The van der Waals surface area contributed by atoms with Crippen molar-refractivity contribution in [3.05, 3.63) is 24.0 Å². The lowest BCUT2D eigenvalue weighted by Gasteiger charge is -2.27. The third-order valence-electron chi connectivity index (χ3n) is 2.50. The maximum absolute atomic E-state index is 13.4. The fourth-order valence-corrected chi connectivity index (χ4v) is 1.13. The van der Waals surface area contributed by atoms with Crippen LogP contribution in [0.15, 0.2) is 18.2 Å². The molecule has 4 nitrogen and oxygen atoms in total. The summed E-state index contributed by atoms with van der Waals surface area (Å²) in [4.78, 5) is 0. The Kier molecular flexibility index (Phi) is 4.88. The van der Waals surface area contributed by atoms with Crippen LogP contribution in [0.5, 0.6) is 11.5 Å². The molecule has 0 atom stereocenters. The number of alkyl halides is 3. The molecule has 1 aromatic carbocycles. The van der Waals surface area contributed by atoms with Crippen LogP contribution in [0, 0.1) is 11.2 Å². The lowest BCUT2D eigenvalue weighted by Crippen LogP contribution is -2.37. The van der Waals surface area contributed by atoms with Gasteiger partial charge in [0.25, 0.3) is 0 Å². The normalized spacial score (nSPS) is 12.2. The van der Waals surface area contributed by atoms with Gasteiger partial charge in [0.2, 0.25) is 0 Å². The molecule has 0 aromatic heterocycles. The summed E-state index contributed by atoms with van der Waals surface area (Å²) in [6.07, 6.45) is -4.50. The molecule has 2 N–H and O–H groups in total. The third kappa shape index (κ3) is 4.27. The summed E-state index contributed by atoms with van der Waals surface area (Å²) in [6, 6.07) is 2.89. The van der Waals surface area contributed by atoms with Gasteiger partial charge < -0.3 is 19.4 Å². The van der Waals surface area contributed by atoms with E-state index in [1.165, 1.54) is 0 Å². The molecule has 0 bridgehead atoms. The first-order valence-electron chi connectivity index (χ1n) is 5.55. The minimum atomic E-state index is -4.50. The molecule has 0 amide bonds. The minimum absolute atomic E-state index is 0.152. The highest BCUT2D eigenvalue weighted by molar-refractivity contribution is 6.33. The summed E-state index contributed by atoms with van der Waals surface area (Å²) in [5.41, 5.74) is -2.16. The molecule has 1 rings (SSSR count). The van der Waals surface area contributed by atoms with Crippen LogP contribution in [0.25, 0.3) is 0 Å². The summed E-state index contributed by atoms with van der Waals surface area (Å²) in [5.74, 6) is -1.51. The maximum atomic E-state index is 13.4. The Labute approximate surface area is 113 Å². The highest BCUT2D eigenvalue weighted by atomic mass is 19.4. The number of halogens is 4. The van der Waals surface area contributed by atoms with Gasteiger partial charge in [-0.1, -0.05) is 0 Å². The summed E-state index contributed by atoms with van der Waals surface area (Å²) in [7, 11) is -2.13. The number of benzene rings is 1. The van der Waals surface area contributed by atoms with Crippen LogP contribution in [-0.4, -0.2) is 30.2 Å². The first-order chi connectivity index (χ1) is 9.03. The van der Waals surface area contributed by atoms with Gasteiger partial charge in [-0.15, -0.1) is 0 Å². The first-order valence-corrected chi connectivity index (χ1v) is 5.55. The molecule has 20 heavy (non-hydrogen) atoms. The first kappa shape index (κ1) is 16.6. The topological polar surface area (TPSA) is 58.9 Å². The summed E-state index contributed by atoms with van der Waals surface area (Å²) < 4.78 is 60.5. The van der Waals surface area contributed by atoms with Crippen LogP contribution >= 0.6 is 0 Å². The molecule has 0 spiro atoms. The van der Waals surface area contributed by atoms with Gasteiger partial charge >= 0.3 is 13.5 Å². The molecule has 112 valence electrons. The minimum Gasteiger partial charge on any atom is -0.512 e. The van der Waals surface area contributed by atoms with E-state index in [-0.39, 0.29) is 5.75 Å². The van der Waals surface area contributed by atoms with Crippen molar-refractivity contribution in [3.63, 3.8) is 0 Å². The highest BCUT2D eigenvalue weighted by Crippen LogP contribution is 2.38. The number of ether oxygens (including phenoxy) is 1. The third-order valence-corrected chi connectivity index (χ3v) is 2.50. The molecule has 1 aromatic rings. The Bertz CT molecular complexity index is 462. The van der Waals surface area contributed by atoms with E-state index < -0.39 is 37.1 Å². The molecule has 0 fully saturated rings. The van der Waals surface area contributed by atoms with Crippen LogP contribution in [0.1, 0.15) is 13.8 Å². The molecule has 0 unspecified atom stereocenters. The van der Waals surface area contributed by atoms with Gasteiger partial charge in [0.1, 0.15) is 12.4 Å². The number of hydrogen-bond donors (Lipinski definition) is 2. The lowest BCUT2D eigenvalue weighted by molar-refractivity contribution is -0.219. The molecule has 0 saturated carbocycles. The molecule has 0 radical (unpaired) electrons. The number of rotatable bonds is 5. The van der Waals surface area contributed by atoms with Gasteiger partial charge in [-0.05, 0) is 26.0 Å². The van der Waals surface area contributed by atoms with Crippen LogP contribution in [0.3, 0.4) is 0 Å². The van der Waals surface area contributed by atoms with Gasteiger partial charge in [-0.3, -0.25) is 0 Å². The molecule has 9 heteroatoms. The average molecular weight is 296 g/mol. The van der Waals surface area contributed by atoms with Crippen molar-refractivity contribution in [2.75, 3.05) is 6.61 Å². The van der Waals surface area contributed by atoms with Crippen molar-refractivity contribution in [1.29, 1.82) is 0 Å². The predicted molar refractivity (Wildman–Crippen MR) is 62.6 cm³/mol. The van der Waals surface area contributed by atoms with Crippen molar-refractivity contribution in [3.8, 4) is 11.5 Å². The van der Waals surface area contributed by atoms with Crippen LogP contribution < -0.4 is 9.39 Å². The fourth-order valence-electron chi connectivity index (χ4n) is 1.13. The van der Waals surface area contributed by atoms with Crippen molar-refractivity contribution >= 4 is 7.32 Å². The van der Waals surface area contributed by atoms with Crippen molar-refractivity contribution in [1.82, 2.24) is 0 Å². The van der Waals surface area contributed by atoms with E-state index in [2.05, 4.69) is 4.65 Å². The Morgan fingerprint density at radius 1 is 1.20 bits per heavy atom. The Hall–Kier alpha value is -1.48. The van der Waals surface area contributed by atoms with E-state index in [0.29, 0.717) is 0 Å². The summed E-state index contributed by atoms with van der Waals surface area (Å²) >= 11 is 0. The highest BCUT2D eigenvalue weighted by Gasteiger charge is 2.48. The maximum Gasteiger partial charge on any atom is 0.707 e. The van der Waals surface area contributed by atoms with Crippen LogP contribution in [0.4, 0.5) is 17.6 Å². The van der Waals surface area contributed by atoms with E-state index >= 15 is 0 Å². The van der Waals surface area contributed by atoms with Crippen LogP contribution in [-0.2, 0) is 0 Å². The average Bonchev–Trinajstić information content (AvgIpc) is 2.27. The van der Waals surface area contributed by atoms with Gasteiger partial charge in [0.05, 0.1) is 5.41 Å². The smallest absolute Gasteiger partial charge is 0.512 e. The molecule has 0 aliphatic heterocycles.